The van der Waals surface area contributed by atoms with Gasteiger partial charge in [-0.15, -0.1) is 5.10 Å². The summed E-state index contributed by atoms with van der Waals surface area (Å²) in [6.45, 7) is 21.9. The molecule has 0 aliphatic heterocycles. The molecule has 0 bridgehead atoms. The second-order valence-corrected chi connectivity index (χ2v) is 14.6. The zero-order valence-electron chi connectivity index (χ0n) is 30.4. The first-order chi connectivity index (χ1) is 21.6. The van der Waals surface area contributed by atoms with Crippen LogP contribution in [0.3, 0.4) is 0 Å². The first-order valence-corrected chi connectivity index (χ1v) is 17.4. The summed E-state index contributed by atoms with van der Waals surface area (Å²) < 4.78 is 19.4. The Hall–Kier alpha value is -2.37. The van der Waals surface area contributed by atoms with Crippen LogP contribution in [0.5, 0.6) is 0 Å². The number of ether oxygens (including phenoxy) is 3. The van der Waals surface area contributed by atoms with Crippen LogP contribution in [-0.4, -0.2) is 83.8 Å². The van der Waals surface area contributed by atoms with Crippen molar-refractivity contribution in [3.05, 3.63) is 11.9 Å². The number of hydrogen-bond acceptors (Lipinski definition) is 8. The summed E-state index contributed by atoms with van der Waals surface area (Å²) >= 11 is 0. The Morgan fingerprint density at radius 2 is 1.50 bits per heavy atom. The van der Waals surface area contributed by atoms with Gasteiger partial charge in [0.25, 0.3) is 0 Å². The minimum atomic E-state index is -0.509. The molecule has 1 rings (SSSR count). The minimum absolute atomic E-state index is 0.00575. The van der Waals surface area contributed by atoms with Crippen molar-refractivity contribution in [2.75, 3.05) is 39.6 Å². The number of aromatic nitrogens is 3. The van der Waals surface area contributed by atoms with Crippen molar-refractivity contribution in [2.45, 2.75) is 138 Å². The molecule has 1 aromatic rings. The van der Waals surface area contributed by atoms with Gasteiger partial charge in [-0.2, -0.15) is 0 Å². The van der Waals surface area contributed by atoms with E-state index in [-0.39, 0.29) is 23.6 Å². The quantitative estimate of drug-likeness (QED) is 0.123. The number of unbranched alkanes of at least 4 members (excludes halogenated alkanes) is 2. The van der Waals surface area contributed by atoms with E-state index >= 15 is 0 Å². The number of amides is 2. The smallest absolute Gasteiger partial charge is 0.220 e. The van der Waals surface area contributed by atoms with Gasteiger partial charge in [0.2, 0.25) is 11.8 Å². The fourth-order valence-electron chi connectivity index (χ4n) is 4.65. The van der Waals surface area contributed by atoms with Crippen LogP contribution in [-0.2, 0) is 41.6 Å². The molecule has 1 aromatic heterocycles. The highest BCUT2D eigenvalue weighted by atomic mass is 16.5. The topological polar surface area (TPSA) is 134 Å². The zero-order valence-corrected chi connectivity index (χ0v) is 30.4. The Labute approximate surface area is 278 Å². The third kappa shape index (κ3) is 20.0. The molecule has 0 aliphatic rings. The average molecular weight is 652 g/mol. The van der Waals surface area contributed by atoms with Crippen molar-refractivity contribution in [3.63, 3.8) is 0 Å². The maximum atomic E-state index is 12.5. The largest absolute Gasteiger partial charge is 0.379 e. The normalized spacial score (nSPS) is 12.3. The zero-order chi connectivity index (χ0) is 34.6. The van der Waals surface area contributed by atoms with Crippen molar-refractivity contribution < 1.29 is 28.6 Å². The third-order valence-corrected chi connectivity index (χ3v) is 7.57. The van der Waals surface area contributed by atoms with E-state index in [0.29, 0.717) is 89.9 Å². The Balaban J connectivity index is 2.24. The van der Waals surface area contributed by atoms with Gasteiger partial charge in [-0.25, -0.2) is 0 Å². The van der Waals surface area contributed by atoms with Crippen LogP contribution in [0.2, 0.25) is 0 Å². The molecule has 0 fully saturated rings. The number of aryl methyl sites for hydroxylation is 2. The highest BCUT2D eigenvalue weighted by molar-refractivity contribution is 5.83. The summed E-state index contributed by atoms with van der Waals surface area (Å²) in [5.41, 5.74) is -0.0704. The Bertz CT molecular complexity index is 993. The summed E-state index contributed by atoms with van der Waals surface area (Å²) in [6.07, 6.45) is 7.99. The third-order valence-electron chi connectivity index (χ3n) is 7.57. The maximum Gasteiger partial charge on any atom is 0.220 e. The second kappa shape index (κ2) is 22.2. The van der Waals surface area contributed by atoms with E-state index in [0.717, 1.165) is 31.5 Å². The predicted octanol–water partition coefficient (Wildman–Crippen LogP) is 5.30. The van der Waals surface area contributed by atoms with E-state index in [1.54, 1.807) is 0 Å². The van der Waals surface area contributed by atoms with Crippen LogP contribution in [0.4, 0.5) is 0 Å². The van der Waals surface area contributed by atoms with Gasteiger partial charge in [0.1, 0.15) is 5.78 Å². The van der Waals surface area contributed by atoms with Crippen LogP contribution in [0.25, 0.3) is 0 Å². The number of rotatable bonds is 27. The molecule has 0 atom stereocenters. The molecular weight excluding hydrogens is 586 g/mol. The predicted molar refractivity (Wildman–Crippen MR) is 181 cm³/mol. The molecule has 266 valence electrons. The fraction of sp³-hybridized carbons (Fsp3) is 0.857. The fourth-order valence-corrected chi connectivity index (χ4v) is 4.65. The first-order valence-electron chi connectivity index (χ1n) is 17.4. The van der Waals surface area contributed by atoms with Crippen molar-refractivity contribution in [1.29, 1.82) is 0 Å². The van der Waals surface area contributed by atoms with Crippen molar-refractivity contribution in [3.8, 4) is 0 Å². The number of carbonyl (C=O) groups excluding carboxylic acids is 3. The molecule has 46 heavy (non-hydrogen) atoms. The number of carbonyl (C=O) groups is 3. The van der Waals surface area contributed by atoms with Crippen molar-refractivity contribution in [1.82, 2.24) is 25.6 Å². The van der Waals surface area contributed by atoms with E-state index in [1.165, 1.54) is 0 Å². The standard InChI is InChI=1S/C35H65N5O6/c1-10-31(41)34(6,7)26-46-35(8,9)18-19-36-32(42)17-14-15-29-21-40(39-38-29)20-13-11-12-16-33(43)37-30(24-44-22-27(2)3)25-45-23-28(4)5/h21,27-28,30H,10-20,22-26H2,1-9H3,(H,36,42)(H,37,43). The number of nitrogens with zero attached hydrogens (tertiary/aromatic N) is 3. The number of hydrogen-bond donors (Lipinski definition) is 2. The molecule has 0 aliphatic carbocycles. The maximum absolute atomic E-state index is 12.5. The van der Waals surface area contributed by atoms with Gasteiger partial charge in [-0.1, -0.05) is 60.1 Å². The highest BCUT2D eigenvalue weighted by Gasteiger charge is 2.29. The lowest BCUT2D eigenvalue weighted by Crippen LogP contribution is -2.42. The van der Waals surface area contributed by atoms with Crippen LogP contribution >= 0.6 is 0 Å². The summed E-state index contributed by atoms with van der Waals surface area (Å²) in [7, 11) is 0. The van der Waals surface area contributed by atoms with E-state index in [1.807, 2.05) is 45.5 Å². The lowest BCUT2D eigenvalue weighted by Gasteiger charge is -2.31. The molecule has 2 N–H and O–H groups in total. The molecular formula is C35H65N5O6. The van der Waals surface area contributed by atoms with Gasteiger partial charge < -0.3 is 24.8 Å². The van der Waals surface area contributed by atoms with Gasteiger partial charge in [0, 0.05) is 57.2 Å². The molecule has 0 unspecified atom stereocenters. The van der Waals surface area contributed by atoms with Crippen LogP contribution in [0.1, 0.15) is 119 Å². The molecule has 0 spiro atoms. The summed E-state index contributed by atoms with van der Waals surface area (Å²) in [5.74, 6) is 1.11. The number of Topliss-reactive ketones (excluding diaryl/α,β-unsaturated/α-hetero) is 1. The van der Waals surface area contributed by atoms with Crippen LogP contribution < -0.4 is 10.6 Å². The van der Waals surface area contributed by atoms with Crippen molar-refractivity contribution >= 4 is 17.6 Å². The second-order valence-electron chi connectivity index (χ2n) is 14.6. The molecule has 11 nitrogen and oxygen atoms in total. The molecule has 2 amide bonds. The SMILES string of the molecule is CCC(=O)C(C)(C)COC(C)(C)CCNC(=O)CCCc1cn(CCCCCC(=O)NC(COCC(C)C)COCC(C)C)nn1. The van der Waals surface area contributed by atoms with Gasteiger partial charge in [-0.05, 0) is 57.8 Å². The van der Waals surface area contributed by atoms with Crippen LogP contribution in [0, 0.1) is 17.3 Å². The minimum Gasteiger partial charge on any atom is -0.379 e. The van der Waals surface area contributed by atoms with Gasteiger partial charge in [0.15, 0.2) is 0 Å². The summed E-state index contributed by atoms with van der Waals surface area (Å²) in [5, 5.41) is 14.5. The van der Waals surface area contributed by atoms with E-state index in [4.69, 9.17) is 14.2 Å². The molecule has 1 heterocycles. The number of ketones is 1. The molecule has 0 saturated carbocycles. The summed E-state index contributed by atoms with van der Waals surface area (Å²) in [6, 6.07) is -0.140. The molecule has 0 saturated heterocycles. The summed E-state index contributed by atoms with van der Waals surface area (Å²) in [4.78, 5) is 37.0. The van der Waals surface area contributed by atoms with Crippen LogP contribution in [0.15, 0.2) is 6.20 Å². The molecule has 0 radical (unpaired) electrons. The Kier molecular flexibility index (Phi) is 20.1. The van der Waals surface area contributed by atoms with E-state index < -0.39 is 11.0 Å². The van der Waals surface area contributed by atoms with Gasteiger partial charge in [0.05, 0.1) is 37.2 Å². The Morgan fingerprint density at radius 1 is 0.870 bits per heavy atom. The van der Waals surface area contributed by atoms with Gasteiger partial charge in [-0.3, -0.25) is 19.1 Å². The monoisotopic (exact) mass is 651 g/mol. The van der Waals surface area contributed by atoms with Gasteiger partial charge >= 0.3 is 0 Å². The van der Waals surface area contributed by atoms with Crippen molar-refractivity contribution in [2.24, 2.45) is 17.3 Å². The van der Waals surface area contributed by atoms with E-state index in [2.05, 4.69) is 48.6 Å². The Morgan fingerprint density at radius 3 is 2.11 bits per heavy atom. The number of nitrogens with one attached hydrogen (secondary N) is 2. The van der Waals surface area contributed by atoms with E-state index in [9.17, 15) is 14.4 Å². The molecule has 0 aromatic carbocycles. The lowest BCUT2D eigenvalue weighted by molar-refractivity contribution is -0.134. The first kappa shape index (κ1) is 41.7. The lowest BCUT2D eigenvalue weighted by atomic mass is 9.87. The highest BCUT2D eigenvalue weighted by Crippen LogP contribution is 2.23. The molecule has 11 heteroatoms. The average Bonchev–Trinajstić information content (AvgIpc) is 3.42.